The predicted molar refractivity (Wildman–Crippen MR) is 96.8 cm³/mol. The SMILES string of the molecule is NC(=O)C(CCC(=O)O)N1Cc2c(ccc(C[C@H]3OCCC[C@@H]3N)c2F)C1=O. The van der Waals surface area contributed by atoms with Gasteiger partial charge < -0.3 is 26.2 Å². The van der Waals surface area contributed by atoms with Crippen molar-refractivity contribution in [3.8, 4) is 0 Å². The smallest absolute Gasteiger partial charge is 0.303 e. The van der Waals surface area contributed by atoms with E-state index in [0.29, 0.717) is 18.6 Å². The number of carboxylic acid groups (broad SMARTS) is 1. The number of nitrogens with two attached hydrogens (primary N) is 2. The van der Waals surface area contributed by atoms with E-state index in [1.165, 1.54) is 12.1 Å². The molecule has 1 aromatic carbocycles. The van der Waals surface area contributed by atoms with E-state index >= 15 is 4.39 Å². The zero-order valence-corrected chi connectivity index (χ0v) is 15.4. The maximum absolute atomic E-state index is 15.1. The number of carboxylic acids is 1. The zero-order chi connectivity index (χ0) is 20.4. The second-order valence-electron chi connectivity index (χ2n) is 7.27. The largest absolute Gasteiger partial charge is 0.481 e. The van der Waals surface area contributed by atoms with Crippen molar-refractivity contribution in [2.75, 3.05) is 6.61 Å². The zero-order valence-electron chi connectivity index (χ0n) is 15.4. The molecule has 1 fully saturated rings. The third-order valence-electron chi connectivity index (χ3n) is 5.39. The number of hydrogen-bond acceptors (Lipinski definition) is 5. The van der Waals surface area contributed by atoms with Gasteiger partial charge in [-0.2, -0.15) is 0 Å². The first kappa shape index (κ1) is 20.2. The van der Waals surface area contributed by atoms with Gasteiger partial charge in [-0.15, -0.1) is 0 Å². The van der Waals surface area contributed by atoms with Crippen LogP contribution < -0.4 is 11.5 Å². The van der Waals surface area contributed by atoms with Crippen LogP contribution in [0.15, 0.2) is 12.1 Å². The average Bonchev–Trinajstić information content (AvgIpc) is 2.96. The van der Waals surface area contributed by atoms with Crippen LogP contribution in [0.4, 0.5) is 4.39 Å². The minimum atomic E-state index is -1.10. The third-order valence-corrected chi connectivity index (χ3v) is 5.39. The van der Waals surface area contributed by atoms with Crippen molar-refractivity contribution in [2.24, 2.45) is 11.5 Å². The molecule has 0 spiro atoms. The van der Waals surface area contributed by atoms with Crippen molar-refractivity contribution in [2.45, 2.75) is 56.8 Å². The van der Waals surface area contributed by atoms with Gasteiger partial charge in [-0.1, -0.05) is 6.07 Å². The molecule has 0 aromatic heterocycles. The van der Waals surface area contributed by atoms with Gasteiger partial charge in [0.05, 0.1) is 12.6 Å². The van der Waals surface area contributed by atoms with Gasteiger partial charge in [0, 0.05) is 36.6 Å². The van der Waals surface area contributed by atoms with Crippen molar-refractivity contribution in [1.29, 1.82) is 0 Å². The lowest BCUT2D eigenvalue weighted by molar-refractivity contribution is -0.137. The summed E-state index contributed by atoms with van der Waals surface area (Å²) < 4.78 is 20.7. The summed E-state index contributed by atoms with van der Waals surface area (Å²) in [6, 6.07) is 1.79. The molecule has 5 N–H and O–H groups in total. The van der Waals surface area contributed by atoms with Crippen LogP contribution in [-0.2, 0) is 27.3 Å². The highest BCUT2D eigenvalue weighted by atomic mass is 19.1. The van der Waals surface area contributed by atoms with E-state index in [0.717, 1.165) is 17.7 Å². The average molecular weight is 393 g/mol. The molecular formula is C19H24FN3O5. The Hall–Kier alpha value is -2.52. The van der Waals surface area contributed by atoms with Gasteiger partial charge in [0.1, 0.15) is 11.9 Å². The molecule has 0 saturated carbocycles. The van der Waals surface area contributed by atoms with Gasteiger partial charge >= 0.3 is 5.97 Å². The summed E-state index contributed by atoms with van der Waals surface area (Å²) in [5.41, 5.74) is 12.2. The Labute approximate surface area is 161 Å². The van der Waals surface area contributed by atoms with Crippen molar-refractivity contribution < 1.29 is 28.6 Å². The van der Waals surface area contributed by atoms with Gasteiger partial charge in [-0.05, 0) is 30.9 Å². The molecule has 152 valence electrons. The Kier molecular flexibility index (Phi) is 5.95. The number of carbonyl (C=O) groups excluding carboxylic acids is 2. The molecule has 1 aromatic rings. The van der Waals surface area contributed by atoms with Crippen molar-refractivity contribution in [1.82, 2.24) is 4.90 Å². The second-order valence-corrected chi connectivity index (χ2v) is 7.27. The molecule has 2 amide bonds. The highest BCUT2D eigenvalue weighted by molar-refractivity contribution is 6.01. The van der Waals surface area contributed by atoms with Crippen LogP contribution in [0.5, 0.6) is 0 Å². The van der Waals surface area contributed by atoms with E-state index in [4.69, 9.17) is 21.3 Å². The molecule has 28 heavy (non-hydrogen) atoms. The monoisotopic (exact) mass is 393 g/mol. The first-order valence-electron chi connectivity index (χ1n) is 9.29. The standard InChI is InChI=1S/C19H24FN3O5/c20-17-10(8-15-13(21)2-1-7-28-15)3-4-11-12(17)9-23(19(11)27)14(18(22)26)5-6-16(24)25/h3-4,13-15H,1-2,5-9,21H2,(H2,22,26)(H,24,25)/t13-,14?,15+/m0/s1. The lowest BCUT2D eigenvalue weighted by Crippen LogP contribution is -2.45. The van der Waals surface area contributed by atoms with E-state index in [2.05, 4.69) is 0 Å². The Morgan fingerprint density at radius 2 is 2.14 bits per heavy atom. The van der Waals surface area contributed by atoms with E-state index < -0.39 is 29.6 Å². The molecule has 2 aliphatic heterocycles. The Morgan fingerprint density at radius 3 is 2.79 bits per heavy atom. The predicted octanol–water partition coefficient (Wildman–Crippen LogP) is 0.549. The number of rotatable bonds is 7. The van der Waals surface area contributed by atoms with Gasteiger partial charge in [-0.25, -0.2) is 4.39 Å². The summed E-state index contributed by atoms with van der Waals surface area (Å²) in [5.74, 6) is -2.96. The minimum absolute atomic E-state index is 0.121. The maximum Gasteiger partial charge on any atom is 0.303 e. The topological polar surface area (TPSA) is 136 Å². The van der Waals surface area contributed by atoms with Crippen LogP contribution in [0.3, 0.4) is 0 Å². The van der Waals surface area contributed by atoms with Gasteiger partial charge in [0.2, 0.25) is 5.91 Å². The molecule has 1 unspecified atom stereocenters. The van der Waals surface area contributed by atoms with Gasteiger partial charge in [-0.3, -0.25) is 14.4 Å². The first-order valence-corrected chi connectivity index (χ1v) is 9.29. The van der Waals surface area contributed by atoms with Gasteiger partial charge in [0.15, 0.2) is 0 Å². The fraction of sp³-hybridized carbons (Fsp3) is 0.526. The number of amides is 2. The second kappa shape index (κ2) is 8.24. The number of primary amides is 1. The molecule has 0 bridgehead atoms. The molecule has 3 atom stereocenters. The minimum Gasteiger partial charge on any atom is -0.481 e. The molecule has 2 heterocycles. The van der Waals surface area contributed by atoms with E-state index in [9.17, 15) is 14.4 Å². The van der Waals surface area contributed by atoms with Gasteiger partial charge in [0.25, 0.3) is 5.91 Å². The van der Waals surface area contributed by atoms with Crippen LogP contribution in [0.1, 0.15) is 47.2 Å². The number of halogens is 1. The van der Waals surface area contributed by atoms with Crippen molar-refractivity contribution in [3.05, 3.63) is 34.6 Å². The molecule has 0 aliphatic carbocycles. The van der Waals surface area contributed by atoms with Crippen LogP contribution >= 0.6 is 0 Å². The van der Waals surface area contributed by atoms with Crippen LogP contribution in [-0.4, -0.2) is 52.6 Å². The normalized spacial score (nSPS) is 22.8. The summed E-state index contributed by atoms with van der Waals surface area (Å²) in [7, 11) is 0. The molecule has 1 saturated heterocycles. The number of fused-ring (bicyclic) bond motifs is 1. The number of ether oxygens (including phenoxy) is 1. The van der Waals surface area contributed by atoms with E-state index in [1.807, 2.05) is 0 Å². The van der Waals surface area contributed by atoms with Crippen molar-refractivity contribution >= 4 is 17.8 Å². The summed E-state index contributed by atoms with van der Waals surface area (Å²) in [6.45, 7) is 0.458. The van der Waals surface area contributed by atoms with Crippen LogP contribution in [0.25, 0.3) is 0 Å². The Morgan fingerprint density at radius 1 is 1.39 bits per heavy atom. The third kappa shape index (κ3) is 4.00. The van der Waals surface area contributed by atoms with E-state index in [1.54, 1.807) is 0 Å². The Balaban J connectivity index is 1.81. The molecular weight excluding hydrogens is 369 g/mol. The number of aliphatic carboxylic acids is 1. The van der Waals surface area contributed by atoms with Crippen LogP contribution in [0.2, 0.25) is 0 Å². The molecule has 3 rings (SSSR count). The number of hydrogen-bond donors (Lipinski definition) is 3. The number of carbonyl (C=O) groups is 3. The summed E-state index contributed by atoms with van der Waals surface area (Å²) in [6.07, 6.45) is 1.25. The summed E-state index contributed by atoms with van der Waals surface area (Å²) >= 11 is 0. The maximum atomic E-state index is 15.1. The first-order chi connectivity index (χ1) is 13.3. The number of benzene rings is 1. The van der Waals surface area contributed by atoms with Crippen molar-refractivity contribution in [3.63, 3.8) is 0 Å². The molecule has 9 heteroatoms. The molecule has 8 nitrogen and oxygen atoms in total. The highest BCUT2D eigenvalue weighted by Crippen LogP contribution is 2.31. The highest BCUT2D eigenvalue weighted by Gasteiger charge is 2.38. The fourth-order valence-corrected chi connectivity index (χ4v) is 3.83. The summed E-state index contributed by atoms with van der Waals surface area (Å²) in [4.78, 5) is 36.4. The molecule has 2 aliphatic rings. The molecule has 0 radical (unpaired) electrons. The quantitative estimate of drug-likeness (QED) is 0.619. The van der Waals surface area contributed by atoms with Crippen LogP contribution in [0, 0.1) is 5.82 Å². The number of nitrogens with zero attached hydrogens (tertiary/aromatic N) is 1. The lowest BCUT2D eigenvalue weighted by atomic mass is 9.95. The summed E-state index contributed by atoms with van der Waals surface area (Å²) in [5, 5.41) is 8.85. The Bertz CT molecular complexity index is 800. The lowest BCUT2D eigenvalue weighted by Gasteiger charge is -2.29. The van der Waals surface area contributed by atoms with E-state index in [-0.39, 0.29) is 42.7 Å². The fourth-order valence-electron chi connectivity index (χ4n) is 3.83.